The van der Waals surface area contributed by atoms with Gasteiger partial charge in [-0.05, 0) is 48.8 Å². The van der Waals surface area contributed by atoms with Gasteiger partial charge in [0, 0.05) is 19.4 Å². The lowest BCUT2D eigenvalue weighted by Gasteiger charge is -2.26. The Morgan fingerprint density at radius 1 is 1.29 bits per heavy atom. The monoisotopic (exact) mass is 476 g/mol. The van der Waals surface area contributed by atoms with Crippen molar-refractivity contribution < 1.29 is 22.7 Å². The van der Waals surface area contributed by atoms with Crippen molar-refractivity contribution in [2.45, 2.75) is 65.0 Å². The summed E-state index contributed by atoms with van der Waals surface area (Å²) in [6.45, 7) is 4.64. The van der Waals surface area contributed by atoms with Gasteiger partial charge in [0.25, 0.3) is 5.91 Å². The molecule has 0 spiro atoms. The number of nitriles is 1. The summed E-state index contributed by atoms with van der Waals surface area (Å²) in [6.07, 6.45) is -0.482. The second-order valence-corrected chi connectivity index (χ2v) is 8.98. The van der Waals surface area contributed by atoms with E-state index < -0.39 is 18.5 Å². The maximum Gasteiger partial charge on any atom is 0.389 e. The predicted molar refractivity (Wildman–Crippen MR) is 122 cm³/mol. The number of hydrogen-bond acceptors (Lipinski definition) is 4. The number of benzene rings is 1. The Bertz CT molecular complexity index is 1050. The van der Waals surface area contributed by atoms with Crippen LogP contribution in [0.15, 0.2) is 18.2 Å². The quantitative estimate of drug-likeness (QED) is 0.556. The van der Waals surface area contributed by atoms with E-state index in [4.69, 9.17) is 4.74 Å². The Kier molecular flexibility index (Phi) is 8.24. The maximum absolute atomic E-state index is 13.0. The van der Waals surface area contributed by atoms with Crippen LogP contribution in [0.25, 0.3) is 5.69 Å². The zero-order valence-electron chi connectivity index (χ0n) is 19.8. The van der Waals surface area contributed by atoms with Gasteiger partial charge in [-0.3, -0.25) is 9.36 Å². The maximum atomic E-state index is 13.0. The number of hydrogen-bond donors (Lipinski definition) is 1. The highest BCUT2D eigenvalue weighted by Crippen LogP contribution is 2.31. The number of rotatable bonds is 8. The molecule has 6 nitrogen and oxygen atoms in total. The Labute approximate surface area is 198 Å². The van der Waals surface area contributed by atoms with Crippen LogP contribution in [-0.4, -0.2) is 35.3 Å². The fourth-order valence-corrected chi connectivity index (χ4v) is 4.43. The van der Waals surface area contributed by atoms with Gasteiger partial charge >= 0.3 is 6.18 Å². The van der Waals surface area contributed by atoms with Crippen molar-refractivity contribution in [1.29, 1.82) is 5.26 Å². The molecular formula is C25H31F3N4O2. The number of amides is 1. The number of aromatic nitrogens is 2. The summed E-state index contributed by atoms with van der Waals surface area (Å²) in [5, 5.41) is 12.8. The molecule has 0 aliphatic heterocycles. The molecule has 1 amide bonds. The zero-order chi connectivity index (χ0) is 24.9. The second-order valence-electron chi connectivity index (χ2n) is 8.98. The number of nitrogens with zero attached hydrogens (tertiary/aromatic N) is 3. The summed E-state index contributed by atoms with van der Waals surface area (Å²) in [4.78, 5) is 17.4. The van der Waals surface area contributed by atoms with E-state index in [1.54, 1.807) is 16.7 Å². The molecular weight excluding hydrogens is 445 g/mol. The summed E-state index contributed by atoms with van der Waals surface area (Å²) in [7, 11) is 1.42. The van der Waals surface area contributed by atoms with Gasteiger partial charge in [0.05, 0.1) is 12.8 Å². The van der Waals surface area contributed by atoms with E-state index in [9.17, 15) is 23.2 Å². The van der Waals surface area contributed by atoms with Crippen molar-refractivity contribution in [1.82, 2.24) is 14.9 Å². The molecule has 34 heavy (non-hydrogen) atoms. The summed E-state index contributed by atoms with van der Waals surface area (Å²) >= 11 is 0. The number of aryl methyl sites for hydroxylation is 2. The molecule has 0 unspecified atom stereocenters. The van der Waals surface area contributed by atoms with Crippen LogP contribution in [0, 0.1) is 23.2 Å². The fourth-order valence-electron chi connectivity index (χ4n) is 4.43. The Balaban J connectivity index is 1.87. The standard InChI is InChI=1S/C25H31F3N4O2/c1-4-22-31-23(24(33)30-15-18-7-5-16(2)6-8-18)20(14-29)32(22)19-10-9-17(13-21(19)34-3)11-12-25(26,27)28/h9-10,13,16,18H,4-8,11-12,15H2,1-3H3,(H,30,33). The van der Waals surface area contributed by atoms with Crippen molar-refractivity contribution in [3.63, 3.8) is 0 Å². The molecule has 1 N–H and O–H groups in total. The van der Waals surface area contributed by atoms with Crippen LogP contribution in [-0.2, 0) is 12.8 Å². The van der Waals surface area contributed by atoms with E-state index in [1.165, 1.54) is 13.2 Å². The molecule has 1 aromatic carbocycles. The lowest BCUT2D eigenvalue weighted by atomic mass is 9.83. The summed E-state index contributed by atoms with van der Waals surface area (Å²) in [5.41, 5.74) is 1.05. The number of imidazole rings is 1. The first-order chi connectivity index (χ1) is 16.2. The number of halogens is 3. The fraction of sp³-hybridized carbons (Fsp3) is 0.560. The normalized spacial score (nSPS) is 18.4. The van der Waals surface area contributed by atoms with Crippen LogP contribution in [0.2, 0.25) is 0 Å². The van der Waals surface area contributed by atoms with Gasteiger partial charge in [-0.25, -0.2) is 4.98 Å². The minimum absolute atomic E-state index is 0.0479. The van der Waals surface area contributed by atoms with Crippen LogP contribution in [0.4, 0.5) is 13.2 Å². The minimum atomic E-state index is -4.25. The molecule has 0 radical (unpaired) electrons. The van der Waals surface area contributed by atoms with Gasteiger partial charge in [0.2, 0.25) is 0 Å². The molecule has 9 heteroatoms. The molecule has 1 saturated carbocycles. The zero-order valence-corrected chi connectivity index (χ0v) is 19.8. The van der Waals surface area contributed by atoms with Crippen LogP contribution < -0.4 is 10.1 Å². The van der Waals surface area contributed by atoms with E-state index in [0.29, 0.717) is 41.7 Å². The average Bonchev–Trinajstić information content (AvgIpc) is 3.20. The topological polar surface area (TPSA) is 79.9 Å². The molecule has 1 aliphatic rings. The molecule has 184 valence electrons. The average molecular weight is 477 g/mol. The van der Waals surface area contributed by atoms with Crippen LogP contribution in [0.1, 0.15) is 73.5 Å². The van der Waals surface area contributed by atoms with Crippen molar-refractivity contribution in [3.05, 3.63) is 41.0 Å². The first-order valence-corrected chi connectivity index (χ1v) is 11.7. The van der Waals surface area contributed by atoms with Crippen LogP contribution >= 0.6 is 0 Å². The molecule has 1 aliphatic carbocycles. The van der Waals surface area contributed by atoms with Gasteiger partial charge in [0.15, 0.2) is 11.4 Å². The second kappa shape index (κ2) is 10.9. The molecule has 3 rings (SSSR count). The summed E-state index contributed by atoms with van der Waals surface area (Å²) < 4.78 is 44.9. The Hall–Kier alpha value is -3.02. The lowest BCUT2D eigenvalue weighted by molar-refractivity contribution is -0.134. The van der Waals surface area contributed by atoms with E-state index >= 15 is 0 Å². The van der Waals surface area contributed by atoms with E-state index in [-0.39, 0.29) is 17.8 Å². The van der Waals surface area contributed by atoms with Gasteiger partial charge in [0.1, 0.15) is 17.6 Å². The van der Waals surface area contributed by atoms with Gasteiger partial charge in [-0.15, -0.1) is 0 Å². The highest BCUT2D eigenvalue weighted by atomic mass is 19.4. The van der Waals surface area contributed by atoms with Crippen LogP contribution in [0.5, 0.6) is 5.75 Å². The highest BCUT2D eigenvalue weighted by molar-refractivity contribution is 5.94. The largest absolute Gasteiger partial charge is 0.495 e. The van der Waals surface area contributed by atoms with Crippen molar-refractivity contribution in [2.24, 2.45) is 11.8 Å². The third-order valence-corrected chi connectivity index (χ3v) is 6.45. The molecule has 0 saturated heterocycles. The first-order valence-electron chi connectivity index (χ1n) is 11.7. The number of ether oxygens (including phenoxy) is 1. The number of alkyl halides is 3. The van der Waals surface area contributed by atoms with Gasteiger partial charge < -0.3 is 10.1 Å². The smallest absolute Gasteiger partial charge is 0.389 e. The van der Waals surface area contributed by atoms with Crippen molar-refractivity contribution in [2.75, 3.05) is 13.7 Å². The number of methoxy groups -OCH3 is 1. The Morgan fingerprint density at radius 2 is 2.00 bits per heavy atom. The molecule has 0 bridgehead atoms. The number of carbonyl (C=O) groups is 1. The minimum Gasteiger partial charge on any atom is -0.495 e. The van der Waals surface area contributed by atoms with Gasteiger partial charge in [-0.2, -0.15) is 18.4 Å². The van der Waals surface area contributed by atoms with E-state index in [1.807, 2.05) is 6.92 Å². The Morgan fingerprint density at radius 3 is 2.59 bits per heavy atom. The van der Waals surface area contributed by atoms with Gasteiger partial charge in [-0.1, -0.05) is 32.8 Å². The van der Waals surface area contributed by atoms with Crippen LogP contribution in [0.3, 0.4) is 0 Å². The summed E-state index contributed by atoms with van der Waals surface area (Å²) in [6, 6.07) is 6.81. The molecule has 1 fully saturated rings. The lowest BCUT2D eigenvalue weighted by Crippen LogP contribution is -2.31. The summed E-state index contributed by atoms with van der Waals surface area (Å²) in [5.74, 6) is 1.54. The van der Waals surface area contributed by atoms with Crippen molar-refractivity contribution >= 4 is 5.91 Å². The predicted octanol–water partition coefficient (Wildman–Crippen LogP) is 5.37. The highest BCUT2D eigenvalue weighted by Gasteiger charge is 2.28. The molecule has 0 atom stereocenters. The molecule has 1 heterocycles. The van der Waals surface area contributed by atoms with E-state index in [0.717, 1.165) is 31.6 Å². The van der Waals surface area contributed by atoms with Crippen molar-refractivity contribution in [3.8, 4) is 17.5 Å². The number of nitrogens with one attached hydrogen (secondary N) is 1. The third kappa shape index (κ3) is 6.10. The molecule has 1 aromatic heterocycles. The number of carbonyl (C=O) groups excluding carboxylic acids is 1. The SMILES string of the molecule is CCc1nc(C(=O)NCC2CCC(C)CC2)c(C#N)n1-c1ccc(CCC(F)(F)F)cc1OC. The molecule has 2 aromatic rings. The third-order valence-electron chi connectivity index (χ3n) is 6.45. The van der Waals surface area contributed by atoms with E-state index in [2.05, 4.69) is 23.3 Å². The first kappa shape index (κ1) is 25.6.